The molecule has 0 aliphatic carbocycles. The van der Waals surface area contributed by atoms with Gasteiger partial charge in [0.05, 0.1) is 6.20 Å². The summed E-state index contributed by atoms with van der Waals surface area (Å²) in [4.78, 5) is 0. The standard InChI is InChI=1S/C11H13N3/c1-11(2,3)9-6-4-5-8-7-12-14-13-10(8)9/h4-7H,1-3H3. The summed E-state index contributed by atoms with van der Waals surface area (Å²) >= 11 is 0. The Hall–Kier alpha value is -1.51. The Balaban J connectivity index is 2.78. The summed E-state index contributed by atoms with van der Waals surface area (Å²) in [5, 5.41) is 12.6. The largest absolute Gasteiger partial charge is 0.138 e. The van der Waals surface area contributed by atoms with Crippen molar-refractivity contribution in [3.05, 3.63) is 30.0 Å². The minimum Gasteiger partial charge on any atom is -0.138 e. The van der Waals surface area contributed by atoms with Gasteiger partial charge in [-0.2, -0.15) is 0 Å². The number of nitrogens with zero attached hydrogens (tertiary/aromatic N) is 3. The molecule has 0 radical (unpaired) electrons. The Kier molecular flexibility index (Phi) is 1.95. The number of hydrogen-bond acceptors (Lipinski definition) is 3. The van der Waals surface area contributed by atoms with Gasteiger partial charge in [0, 0.05) is 5.39 Å². The van der Waals surface area contributed by atoms with E-state index in [2.05, 4.69) is 42.2 Å². The molecule has 0 unspecified atom stereocenters. The smallest absolute Gasteiger partial charge is 0.100 e. The third kappa shape index (κ3) is 1.45. The van der Waals surface area contributed by atoms with Gasteiger partial charge in [-0.25, -0.2) is 0 Å². The van der Waals surface area contributed by atoms with Gasteiger partial charge in [-0.1, -0.05) is 39.0 Å². The molecule has 0 amide bonds. The monoisotopic (exact) mass is 187 g/mol. The molecule has 2 aromatic rings. The Bertz CT molecular complexity index is 452. The van der Waals surface area contributed by atoms with E-state index in [0.29, 0.717) is 0 Å². The van der Waals surface area contributed by atoms with Crippen LogP contribution in [0.15, 0.2) is 24.4 Å². The van der Waals surface area contributed by atoms with Crippen LogP contribution >= 0.6 is 0 Å². The van der Waals surface area contributed by atoms with Crippen LogP contribution in [0.3, 0.4) is 0 Å². The number of hydrogen-bond donors (Lipinski definition) is 0. The Morgan fingerprint density at radius 3 is 2.64 bits per heavy atom. The highest BCUT2D eigenvalue weighted by molar-refractivity contribution is 5.81. The zero-order valence-electron chi connectivity index (χ0n) is 8.65. The maximum Gasteiger partial charge on any atom is 0.100 e. The second-order valence-electron chi connectivity index (χ2n) is 4.43. The van der Waals surface area contributed by atoms with Crippen LogP contribution in [0.2, 0.25) is 0 Å². The van der Waals surface area contributed by atoms with E-state index >= 15 is 0 Å². The van der Waals surface area contributed by atoms with Crippen LogP contribution in [0.1, 0.15) is 26.3 Å². The first-order chi connectivity index (χ1) is 6.59. The number of fused-ring (bicyclic) bond motifs is 1. The molecule has 3 heteroatoms. The van der Waals surface area contributed by atoms with E-state index in [0.717, 1.165) is 10.9 Å². The summed E-state index contributed by atoms with van der Waals surface area (Å²) < 4.78 is 0. The lowest BCUT2D eigenvalue weighted by molar-refractivity contribution is 0.593. The molecule has 0 aliphatic rings. The van der Waals surface area contributed by atoms with E-state index in [1.807, 2.05) is 12.1 Å². The molecule has 2 rings (SSSR count). The molecule has 1 aromatic carbocycles. The fourth-order valence-corrected chi connectivity index (χ4v) is 1.54. The minimum absolute atomic E-state index is 0.0928. The molecule has 0 N–H and O–H groups in total. The molecule has 72 valence electrons. The van der Waals surface area contributed by atoms with Crippen molar-refractivity contribution in [2.24, 2.45) is 0 Å². The summed E-state index contributed by atoms with van der Waals surface area (Å²) in [5.41, 5.74) is 2.26. The van der Waals surface area contributed by atoms with E-state index in [4.69, 9.17) is 0 Å². The first kappa shape index (κ1) is 9.06. The molecular formula is C11H13N3. The number of benzene rings is 1. The van der Waals surface area contributed by atoms with Crippen LogP contribution in [0, 0.1) is 0 Å². The molecule has 1 aromatic heterocycles. The molecule has 0 bridgehead atoms. The van der Waals surface area contributed by atoms with Gasteiger partial charge in [-0.15, -0.1) is 10.2 Å². The van der Waals surface area contributed by atoms with Gasteiger partial charge in [0.25, 0.3) is 0 Å². The molecule has 0 aliphatic heterocycles. The van der Waals surface area contributed by atoms with Gasteiger partial charge in [0.15, 0.2) is 0 Å². The van der Waals surface area contributed by atoms with Crippen LogP contribution in [-0.2, 0) is 5.41 Å². The summed E-state index contributed by atoms with van der Waals surface area (Å²) in [5.74, 6) is 0. The van der Waals surface area contributed by atoms with Crippen molar-refractivity contribution in [2.45, 2.75) is 26.2 Å². The SMILES string of the molecule is CC(C)(C)c1cccc2cnnnc12. The van der Waals surface area contributed by atoms with Crippen LogP contribution in [0.25, 0.3) is 10.9 Å². The normalized spacial score (nSPS) is 11.9. The van der Waals surface area contributed by atoms with E-state index in [1.165, 1.54) is 5.56 Å². The lowest BCUT2D eigenvalue weighted by Gasteiger charge is -2.19. The van der Waals surface area contributed by atoms with Crippen LogP contribution in [0.4, 0.5) is 0 Å². The van der Waals surface area contributed by atoms with Gasteiger partial charge < -0.3 is 0 Å². The predicted octanol–water partition coefficient (Wildman–Crippen LogP) is 2.32. The average molecular weight is 187 g/mol. The summed E-state index contributed by atoms with van der Waals surface area (Å²) in [6.07, 6.45) is 1.75. The van der Waals surface area contributed by atoms with Crippen molar-refractivity contribution >= 4 is 10.9 Å². The molecule has 14 heavy (non-hydrogen) atoms. The van der Waals surface area contributed by atoms with Crippen LogP contribution < -0.4 is 0 Å². The molecule has 0 fully saturated rings. The average Bonchev–Trinajstić information content (AvgIpc) is 2.15. The Labute approximate surface area is 83.2 Å². The van der Waals surface area contributed by atoms with Gasteiger partial charge in [0.2, 0.25) is 0 Å². The van der Waals surface area contributed by atoms with Crippen LogP contribution in [-0.4, -0.2) is 15.4 Å². The zero-order valence-corrected chi connectivity index (χ0v) is 8.65. The molecule has 1 heterocycles. The van der Waals surface area contributed by atoms with E-state index in [9.17, 15) is 0 Å². The molecule has 0 saturated heterocycles. The van der Waals surface area contributed by atoms with Gasteiger partial charge >= 0.3 is 0 Å². The zero-order chi connectivity index (χ0) is 10.2. The predicted molar refractivity (Wildman–Crippen MR) is 56.0 cm³/mol. The second kappa shape index (κ2) is 3.01. The molecule has 0 saturated carbocycles. The van der Waals surface area contributed by atoms with Crippen molar-refractivity contribution in [3.63, 3.8) is 0 Å². The maximum absolute atomic E-state index is 4.09. The molecule has 0 atom stereocenters. The fraction of sp³-hybridized carbons (Fsp3) is 0.364. The quantitative estimate of drug-likeness (QED) is 0.635. The number of rotatable bonds is 0. The third-order valence-corrected chi connectivity index (χ3v) is 2.27. The molecule has 3 nitrogen and oxygen atoms in total. The van der Waals surface area contributed by atoms with Crippen molar-refractivity contribution in [1.82, 2.24) is 15.4 Å². The van der Waals surface area contributed by atoms with Crippen molar-refractivity contribution in [3.8, 4) is 0 Å². The fourth-order valence-electron chi connectivity index (χ4n) is 1.54. The first-order valence-corrected chi connectivity index (χ1v) is 4.66. The highest BCUT2D eigenvalue weighted by Gasteiger charge is 2.17. The lowest BCUT2D eigenvalue weighted by Crippen LogP contribution is -2.12. The highest BCUT2D eigenvalue weighted by atomic mass is 15.3. The summed E-state index contributed by atoms with van der Waals surface area (Å²) in [6, 6.07) is 6.13. The Morgan fingerprint density at radius 1 is 1.14 bits per heavy atom. The maximum atomic E-state index is 4.09. The molecule has 0 spiro atoms. The van der Waals surface area contributed by atoms with Gasteiger partial charge in [-0.3, -0.25) is 0 Å². The van der Waals surface area contributed by atoms with Crippen molar-refractivity contribution in [2.75, 3.05) is 0 Å². The van der Waals surface area contributed by atoms with Crippen LogP contribution in [0.5, 0.6) is 0 Å². The second-order valence-corrected chi connectivity index (χ2v) is 4.43. The topological polar surface area (TPSA) is 38.7 Å². The first-order valence-electron chi connectivity index (χ1n) is 4.66. The number of aromatic nitrogens is 3. The van der Waals surface area contributed by atoms with Crippen molar-refractivity contribution < 1.29 is 0 Å². The van der Waals surface area contributed by atoms with E-state index < -0.39 is 0 Å². The summed E-state index contributed by atoms with van der Waals surface area (Å²) in [7, 11) is 0. The van der Waals surface area contributed by atoms with Gasteiger partial charge in [0.1, 0.15) is 5.52 Å². The highest BCUT2D eigenvalue weighted by Crippen LogP contribution is 2.27. The Morgan fingerprint density at radius 2 is 1.93 bits per heavy atom. The lowest BCUT2D eigenvalue weighted by atomic mass is 9.86. The van der Waals surface area contributed by atoms with E-state index in [-0.39, 0.29) is 5.41 Å². The van der Waals surface area contributed by atoms with Crippen molar-refractivity contribution in [1.29, 1.82) is 0 Å². The van der Waals surface area contributed by atoms with E-state index in [1.54, 1.807) is 6.20 Å². The minimum atomic E-state index is 0.0928. The third-order valence-electron chi connectivity index (χ3n) is 2.27. The summed E-state index contributed by atoms with van der Waals surface area (Å²) in [6.45, 7) is 6.51. The van der Waals surface area contributed by atoms with Gasteiger partial charge in [-0.05, 0) is 16.2 Å². The molecular weight excluding hydrogens is 174 g/mol.